The number of amides is 4. The van der Waals surface area contributed by atoms with Crippen molar-refractivity contribution in [2.45, 2.75) is 44.4 Å². The molecule has 2 N–H and O–H groups in total. The Bertz CT molecular complexity index is 1110. The van der Waals surface area contributed by atoms with Gasteiger partial charge in [-0.1, -0.05) is 60.7 Å². The number of hydrazine groups is 1. The van der Waals surface area contributed by atoms with Crippen LogP contribution in [0.25, 0.3) is 0 Å². The van der Waals surface area contributed by atoms with Crippen LogP contribution >= 0.6 is 0 Å². The summed E-state index contributed by atoms with van der Waals surface area (Å²) in [6, 6.07) is 18.1. The highest BCUT2D eigenvalue weighted by Gasteiger charge is 2.50. The molecule has 0 bridgehead atoms. The van der Waals surface area contributed by atoms with Gasteiger partial charge in [0.25, 0.3) is 0 Å². The monoisotopic (exact) mass is 507 g/mol. The topological polar surface area (TPSA) is 114 Å². The number of carbonyl (C=O) groups excluding carboxylic acids is 3. The van der Waals surface area contributed by atoms with Crippen LogP contribution in [-0.4, -0.2) is 87.6 Å². The number of rotatable bonds is 9. The number of carbonyl (C=O) groups is 4. The Hall–Kier alpha value is -3.92. The maximum absolute atomic E-state index is 13.5. The molecule has 2 aliphatic heterocycles. The van der Waals surface area contributed by atoms with E-state index in [0.29, 0.717) is 19.5 Å². The highest BCUT2D eigenvalue weighted by atomic mass is 16.4. The summed E-state index contributed by atoms with van der Waals surface area (Å²) in [6.07, 6.45) is 0.502. The van der Waals surface area contributed by atoms with Crippen molar-refractivity contribution in [1.82, 2.24) is 25.1 Å². The van der Waals surface area contributed by atoms with Gasteiger partial charge in [0.2, 0.25) is 11.8 Å². The molecule has 2 aliphatic rings. The first-order valence-electron chi connectivity index (χ1n) is 12.5. The number of likely N-dealkylation sites (N-methyl/N-ethyl adjacent to an activating group) is 1. The van der Waals surface area contributed by atoms with E-state index in [0.717, 1.165) is 17.5 Å². The number of carboxylic acids is 1. The lowest BCUT2D eigenvalue weighted by Crippen LogP contribution is -2.76. The van der Waals surface area contributed by atoms with Crippen LogP contribution in [0.2, 0.25) is 0 Å². The fourth-order valence-corrected chi connectivity index (χ4v) is 5.02. The smallest absolute Gasteiger partial charge is 0.334 e. The summed E-state index contributed by atoms with van der Waals surface area (Å²) < 4.78 is 0. The number of urea groups is 1. The fraction of sp³-hybridized carbons (Fsp3) is 0.407. The zero-order valence-corrected chi connectivity index (χ0v) is 21.0. The van der Waals surface area contributed by atoms with Crippen molar-refractivity contribution in [1.29, 1.82) is 0 Å². The number of carboxylic acid groups (broad SMARTS) is 1. The van der Waals surface area contributed by atoms with Crippen LogP contribution in [0.5, 0.6) is 0 Å². The van der Waals surface area contributed by atoms with Crippen molar-refractivity contribution in [2.75, 3.05) is 26.7 Å². The van der Waals surface area contributed by atoms with E-state index in [9.17, 15) is 24.3 Å². The quantitative estimate of drug-likeness (QED) is 0.536. The second-order valence-electron chi connectivity index (χ2n) is 9.41. The van der Waals surface area contributed by atoms with E-state index in [2.05, 4.69) is 5.32 Å². The zero-order chi connectivity index (χ0) is 26.4. The lowest BCUT2D eigenvalue weighted by atomic mass is 10.0. The minimum Gasteiger partial charge on any atom is -0.481 e. The molecule has 0 aromatic heterocycles. The summed E-state index contributed by atoms with van der Waals surface area (Å²) in [4.78, 5) is 54.3. The van der Waals surface area contributed by atoms with Crippen molar-refractivity contribution in [3.63, 3.8) is 0 Å². The first-order chi connectivity index (χ1) is 17.8. The maximum Gasteiger partial charge on any atom is 0.334 e. The average molecular weight is 508 g/mol. The molecule has 4 amide bonds. The minimum atomic E-state index is -1.04. The van der Waals surface area contributed by atoms with Gasteiger partial charge in [-0.3, -0.25) is 14.4 Å². The normalized spacial score (nSPS) is 20.1. The van der Waals surface area contributed by atoms with Gasteiger partial charge in [0.05, 0.1) is 13.1 Å². The van der Waals surface area contributed by atoms with Crippen molar-refractivity contribution < 1.29 is 24.3 Å². The molecule has 2 heterocycles. The second kappa shape index (κ2) is 11.9. The van der Waals surface area contributed by atoms with E-state index < -0.39 is 18.2 Å². The summed E-state index contributed by atoms with van der Waals surface area (Å²) in [6.45, 7) is 0.831. The molecule has 2 fully saturated rings. The Balaban J connectivity index is 1.53. The molecule has 0 radical (unpaired) electrons. The van der Waals surface area contributed by atoms with Crippen LogP contribution < -0.4 is 5.32 Å². The lowest BCUT2D eigenvalue weighted by Gasteiger charge is -2.54. The first-order valence-corrected chi connectivity index (χ1v) is 12.5. The summed E-state index contributed by atoms with van der Waals surface area (Å²) in [5, 5.41) is 15.2. The van der Waals surface area contributed by atoms with E-state index in [1.807, 2.05) is 60.7 Å². The van der Waals surface area contributed by atoms with Gasteiger partial charge in [-0.15, -0.1) is 0 Å². The first kappa shape index (κ1) is 26.2. The Morgan fingerprint density at radius 1 is 1.00 bits per heavy atom. The van der Waals surface area contributed by atoms with Gasteiger partial charge in [0.15, 0.2) is 0 Å². The Kier molecular flexibility index (Phi) is 8.39. The Morgan fingerprint density at radius 2 is 1.65 bits per heavy atom. The highest BCUT2D eigenvalue weighted by molar-refractivity contribution is 5.91. The standard InChI is InChI=1S/C27H33N5O5/c1-29-19-24(33)31-22(14-15-25(34)35)26(36)30(16-8-13-20-9-4-2-5-10-20)18-23(31)32(29)27(37)28-17-21-11-6-3-7-12-21/h2-7,9-12,22-23H,8,13-19H2,1H3,(H,28,37)(H,34,35)/t22-,23?/m0/s1. The lowest BCUT2D eigenvalue weighted by molar-refractivity contribution is -0.187. The largest absolute Gasteiger partial charge is 0.481 e. The number of hydrogen-bond acceptors (Lipinski definition) is 5. The molecule has 0 saturated carbocycles. The minimum absolute atomic E-state index is 0.00518. The SMILES string of the molecule is CN1CC(=O)N2C(CN(CCCc3ccccc3)C(=O)[C@@H]2CCC(=O)O)N1C(=O)NCc1ccccc1. The van der Waals surface area contributed by atoms with Gasteiger partial charge < -0.3 is 20.2 Å². The number of nitrogens with zero attached hydrogens (tertiary/aromatic N) is 4. The predicted molar refractivity (Wildman–Crippen MR) is 136 cm³/mol. The van der Waals surface area contributed by atoms with Crippen LogP contribution in [0.3, 0.4) is 0 Å². The van der Waals surface area contributed by atoms with Crippen molar-refractivity contribution in [3.8, 4) is 0 Å². The van der Waals surface area contributed by atoms with Gasteiger partial charge in [-0.05, 0) is 30.4 Å². The third-order valence-corrected chi connectivity index (χ3v) is 6.80. The van der Waals surface area contributed by atoms with Crippen LogP contribution in [0.15, 0.2) is 60.7 Å². The van der Waals surface area contributed by atoms with E-state index in [1.165, 1.54) is 9.91 Å². The molecular weight excluding hydrogens is 474 g/mol. The number of hydrogen-bond donors (Lipinski definition) is 2. The summed E-state index contributed by atoms with van der Waals surface area (Å²) in [5.41, 5.74) is 2.09. The van der Waals surface area contributed by atoms with Crippen molar-refractivity contribution in [2.24, 2.45) is 0 Å². The number of nitrogens with one attached hydrogen (secondary N) is 1. The van der Waals surface area contributed by atoms with E-state index in [4.69, 9.17) is 0 Å². The molecule has 10 heteroatoms. The highest BCUT2D eigenvalue weighted by Crippen LogP contribution is 2.28. The van der Waals surface area contributed by atoms with Gasteiger partial charge in [-0.2, -0.15) is 0 Å². The molecule has 2 aromatic rings. The van der Waals surface area contributed by atoms with Gasteiger partial charge >= 0.3 is 12.0 Å². The summed E-state index contributed by atoms with van der Waals surface area (Å²) >= 11 is 0. The van der Waals surface area contributed by atoms with Crippen LogP contribution in [0.1, 0.15) is 30.4 Å². The number of aliphatic carboxylic acids is 1. The molecule has 196 valence electrons. The Morgan fingerprint density at radius 3 is 2.30 bits per heavy atom. The molecule has 2 atom stereocenters. The van der Waals surface area contributed by atoms with Crippen LogP contribution in [-0.2, 0) is 27.3 Å². The van der Waals surface area contributed by atoms with Gasteiger partial charge in [0.1, 0.15) is 12.2 Å². The molecule has 0 spiro atoms. The fourth-order valence-electron chi connectivity index (χ4n) is 5.02. The molecule has 10 nitrogen and oxygen atoms in total. The maximum atomic E-state index is 13.5. The third kappa shape index (κ3) is 6.26. The number of aryl methyl sites for hydroxylation is 1. The van der Waals surface area contributed by atoms with E-state index >= 15 is 0 Å². The Labute approximate surface area is 216 Å². The summed E-state index contributed by atoms with van der Waals surface area (Å²) in [7, 11) is 1.67. The van der Waals surface area contributed by atoms with E-state index in [1.54, 1.807) is 17.0 Å². The van der Waals surface area contributed by atoms with Gasteiger partial charge in [0, 0.05) is 26.6 Å². The number of piperazine rings is 1. The molecule has 37 heavy (non-hydrogen) atoms. The molecule has 2 aromatic carbocycles. The van der Waals surface area contributed by atoms with Crippen molar-refractivity contribution >= 4 is 23.8 Å². The molecule has 4 rings (SSSR count). The van der Waals surface area contributed by atoms with Crippen LogP contribution in [0, 0.1) is 0 Å². The molecule has 2 saturated heterocycles. The molecule has 1 unspecified atom stereocenters. The third-order valence-electron chi connectivity index (χ3n) is 6.80. The van der Waals surface area contributed by atoms with E-state index in [-0.39, 0.29) is 43.8 Å². The average Bonchev–Trinajstić information content (AvgIpc) is 2.88. The van der Waals surface area contributed by atoms with Gasteiger partial charge in [-0.25, -0.2) is 14.8 Å². The number of fused-ring (bicyclic) bond motifs is 1. The molecular formula is C27H33N5O5. The van der Waals surface area contributed by atoms with Crippen molar-refractivity contribution in [3.05, 3.63) is 71.8 Å². The second-order valence-corrected chi connectivity index (χ2v) is 9.41. The van der Waals surface area contributed by atoms with Crippen LogP contribution in [0.4, 0.5) is 4.79 Å². The number of benzene rings is 2. The summed E-state index contributed by atoms with van der Waals surface area (Å²) in [5.74, 6) is -1.61. The predicted octanol–water partition coefficient (Wildman–Crippen LogP) is 1.92. The zero-order valence-electron chi connectivity index (χ0n) is 21.0. The molecule has 0 aliphatic carbocycles.